The fourth-order valence-electron chi connectivity index (χ4n) is 2.79. The Morgan fingerprint density at radius 3 is 1.58 bits per heavy atom. The molecule has 0 saturated carbocycles. The number of nitrogens with two attached hydrogens (primary N) is 2. The van der Waals surface area contributed by atoms with Crippen molar-refractivity contribution >= 4 is 11.4 Å². The van der Waals surface area contributed by atoms with Crippen LogP contribution in [-0.2, 0) is 0 Å². The number of hydrogen-bond donors (Lipinski definition) is 2. The van der Waals surface area contributed by atoms with E-state index in [9.17, 15) is 0 Å². The van der Waals surface area contributed by atoms with Gasteiger partial charge < -0.3 is 16.2 Å². The summed E-state index contributed by atoms with van der Waals surface area (Å²) in [6, 6.07) is 5.33. The van der Waals surface area contributed by atoms with Gasteiger partial charge in [-0.3, -0.25) is 0 Å². The molecule has 0 bridgehead atoms. The van der Waals surface area contributed by atoms with Crippen molar-refractivity contribution < 1.29 is 4.74 Å². The average Bonchev–Trinajstić information content (AvgIpc) is 2.63. The van der Waals surface area contributed by atoms with Gasteiger partial charge in [0.15, 0.2) is 0 Å². The molecule has 0 aliphatic heterocycles. The summed E-state index contributed by atoms with van der Waals surface area (Å²) in [4.78, 5) is 0. The molecule has 0 saturated heterocycles. The molecule has 152 valence electrons. The summed E-state index contributed by atoms with van der Waals surface area (Å²) in [5, 5.41) is 0. The van der Waals surface area contributed by atoms with Gasteiger partial charge in [0.2, 0.25) is 0 Å². The van der Waals surface area contributed by atoms with Gasteiger partial charge in [0.05, 0.1) is 12.3 Å². The van der Waals surface area contributed by atoms with Gasteiger partial charge in [0.1, 0.15) is 5.75 Å². The van der Waals surface area contributed by atoms with E-state index in [2.05, 4.69) is 20.8 Å². The van der Waals surface area contributed by atoms with Gasteiger partial charge in [-0.1, -0.05) is 97.8 Å². The standard InChI is InChI=1S/C12H26.C11H18N2O/c1-3-5-7-9-11-12-10-8-6-4-2;1-2-3-4-7-14-11-6-5-9(12)8-10(11)13/h3-12H2,1-2H3;5-6,8H,2-4,7,12-13H2,1H3. The molecule has 0 heterocycles. The van der Waals surface area contributed by atoms with Gasteiger partial charge in [0.25, 0.3) is 0 Å². The molecule has 3 heteroatoms. The van der Waals surface area contributed by atoms with E-state index < -0.39 is 0 Å². The van der Waals surface area contributed by atoms with Crippen LogP contribution >= 0.6 is 0 Å². The number of nitrogen functional groups attached to an aromatic ring is 2. The zero-order chi connectivity index (χ0) is 19.5. The van der Waals surface area contributed by atoms with Gasteiger partial charge in [-0.2, -0.15) is 0 Å². The van der Waals surface area contributed by atoms with Crippen LogP contribution in [0, 0.1) is 0 Å². The van der Waals surface area contributed by atoms with Gasteiger partial charge in [-0.05, 0) is 24.6 Å². The average molecular weight is 365 g/mol. The first-order valence-electron chi connectivity index (χ1n) is 10.9. The van der Waals surface area contributed by atoms with Crippen LogP contribution < -0.4 is 16.2 Å². The highest BCUT2D eigenvalue weighted by molar-refractivity contribution is 5.60. The van der Waals surface area contributed by atoms with Gasteiger partial charge in [-0.25, -0.2) is 0 Å². The van der Waals surface area contributed by atoms with Crippen LogP contribution in [0.5, 0.6) is 5.75 Å². The largest absolute Gasteiger partial charge is 0.491 e. The van der Waals surface area contributed by atoms with E-state index in [1.807, 2.05) is 6.07 Å². The second-order valence-electron chi connectivity index (χ2n) is 7.18. The predicted octanol–water partition coefficient (Wildman–Crippen LogP) is 7.35. The Morgan fingerprint density at radius 1 is 0.654 bits per heavy atom. The van der Waals surface area contributed by atoms with Crippen LogP contribution in [0.15, 0.2) is 18.2 Å². The monoisotopic (exact) mass is 364 g/mol. The highest BCUT2D eigenvalue weighted by atomic mass is 16.5. The molecule has 1 aromatic rings. The lowest BCUT2D eigenvalue weighted by atomic mass is 10.1. The van der Waals surface area contributed by atoms with Crippen molar-refractivity contribution in [1.82, 2.24) is 0 Å². The first-order chi connectivity index (χ1) is 12.7. The maximum atomic E-state index is 5.73. The maximum Gasteiger partial charge on any atom is 0.142 e. The Hall–Kier alpha value is -1.38. The predicted molar refractivity (Wildman–Crippen MR) is 118 cm³/mol. The minimum absolute atomic E-state index is 0.612. The third-order valence-corrected chi connectivity index (χ3v) is 4.50. The van der Waals surface area contributed by atoms with Crippen LogP contribution in [0.4, 0.5) is 11.4 Å². The van der Waals surface area contributed by atoms with Crippen molar-refractivity contribution in [2.45, 2.75) is 104 Å². The molecular formula is C23H44N2O. The molecule has 0 aliphatic rings. The summed E-state index contributed by atoms with van der Waals surface area (Å²) >= 11 is 0. The number of ether oxygens (including phenoxy) is 1. The molecule has 1 aromatic carbocycles. The molecule has 0 aromatic heterocycles. The Labute approximate surface area is 162 Å². The van der Waals surface area contributed by atoms with Gasteiger partial charge in [0, 0.05) is 5.69 Å². The van der Waals surface area contributed by atoms with Crippen LogP contribution in [0.3, 0.4) is 0 Å². The van der Waals surface area contributed by atoms with E-state index in [-0.39, 0.29) is 0 Å². The zero-order valence-electron chi connectivity index (χ0n) is 17.7. The van der Waals surface area contributed by atoms with E-state index in [4.69, 9.17) is 16.2 Å². The first kappa shape index (κ1) is 24.6. The Kier molecular flexibility index (Phi) is 17.4. The lowest BCUT2D eigenvalue weighted by Gasteiger charge is -2.08. The fraction of sp³-hybridized carbons (Fsp3) is 0.739. The normalized spacial score (nSPS) is 10.3. The lowest BCUT2D eigenvalue weighted by molar-refractivity contribution is 0.308. The van der Waals surface area contributed by atoms with Gasteiger partial charge >= 0.3 is 0 Å². The van der Waals surface area contributed by atoms with Crippen LogP contribution in [0.2, 0.25) is 0 Å². The van der Waals surface area contributed by atoms with Crippen molar-refractivity contribution in [1.29, 1.82) is 0 Å². The SMILES string of the molecule is CCCCCCCCCCCC.CCCCCOc1ccc(N)cc1N. The minimum Gasteiger partial charge on any atom is -0.491 e. The van der Waals surface area contributed by atoms with E-state index in [1.54, 1.807) is 12.1 Å². The third-order valence-electron chi connectivity index (χ3n) is 4.50. The summed E-state index contributed by atoms with van der Waals surface area (Å²) < 4.78 is 5.51. The zero-order valence-corrected chi connectivity index (χ0v) is 17.7. The maximum absolute atomic E-state index is 5.73. The molecule has 0 unspecified atom stereocenters. The van der Waals surface area contributed by atoms with Crippen molar-refractivity contribution in [3.8, 4) is 5.75 Å². The molecule has 0 amide bonds. The molecule has 3 nitrogen and oxygen atoms in total. The molecule has 4 N–H and O–H groups in total. The fourth-order valence-corrected chi connectivity index (χ4v) is 2.79. The molecule has 1 rings (SSSR count). The second-order valence-corrected chi connectivity index (χ2v) is 7.18. The number of rotatable bonds is 14. The van der Waals surface area contributed by atoms with E-state index in [0.29, 0.717) is 11.4 Å². The molecule has 0 fully saturated rings. The minimum atomic E-state index is 0.612. The first-order valence-corrected chi connectivity index (χ1v) is 10.9. The van der Waals surface area contributed by atoms with Crippen molar-refractivity contribution in [3.63, 3.8) is 0 Å². The lowest BCUT2D eigenvalue weighted by Crippen LogP contribution is -2.00. The van der Waals surface area contributed by atoms with Crippen LogP contribution in [0.25, 0.3) is 0 Å². The molecule has 0 spiro atoms. The number of benzene rings is 1. The summed E-state index contributed by atoms with van der Waals surface area (Å²) in [5.41, 5.74) is 12.6. The number of anilines is 2. The quantitative estimate of drug-likeness (QED) is 0.268. The molecule has 26 heavy (non-hydrogen) atoms. The third kappa shape index (κ3) is 14.9. The van der Waals surface area contributed by atoms with E-state index >= 15 is 0 Å². The van der Waals surface area contributed by atoms with Crippen LogP contribution in [-0.4, -0.2) is 6.61 Å². The van der Waals surface area contributed by atoms with E-state index in [1.165, 1.54) is 77.0 Å². The second kappa shape index (κ2) is 18.4. The summed E-state index contributed by atoms with van der Waals surface area (Å²) in [6.45, 7) is 7.45. The summed E-state index contributed by atoms with van der Waals surface area (Å²) in [6.07, 6.45) is 17.9. The number of unbranched alkanes of at least 4 members (excludes halogenated alkanes) is 11. The topological polar surface area (TPSA) is 61.3 Å². The van der Waals surface area contributed by atoms with Crippen molar-refractivity contribution in [2.24, 2.45) is 0 Å². The van der Waals surface area contributed by atoms with E-state index in [0.717, 1.165) is 18.8 Å². The van der Waals surface area contributed by atoms with Crippen molar-refractivity contribution in [3.05, 3.63) is 18.2 Å². The molecule has 0 atom stereocenters. The number of hydrogen-bond acceptors (Lipinski definition) is 3. The smallest absolute Gasteiger partial charge is 0.142 e. The summed E-state index contributed by atoms with van der Waals surface area (Å²) in [5.74, 6) is 0.732. The Morgan fingerprint density at radius 2 is 1.12 bits per heavy atom. The Bertz CT molecular complexity index is 411. The van der Waals surface area contributed by atoms with Gasteiger partial charge in [-0.15, -0.1) is 0 Å². The molecule has 0 aliphatic carbocycles. The highest BCUT2D eigenvalue weighted by Crippen LogP contribution is 2.23. The van der Waals surface area contributed by atoms with Crippen LogP contribution in [0.1, 0.15) is 104 Å². The van der Waals surface area contributed by atoms with Crippen molar-refractivity contribution in [2.75, 3.05) is 18.1 Å². The summed E-state index contributed by atoms with van der Waals surface area (Å²) in [7, 11) is 0. The Balaban J connectivity index is 0.000000488. The highest BCUT2D eigenvalue weighted by Gasteiger charge is 1.99. The molecular weight excluding hydrogens is 320 g/mol. The molecule has 0 radical (unpaired) electrons.